The van der Waals surface area contributed by atoms with Gasteiger partial charge in [-0.3, -0.25) is 4.98 Å². The number of benzene rings is 1. The van der Waals surface area contributed by atoms with Crippen LogP contribution in [0, 0.1) is 0 Å². The van der Waals surface area contributed by atoms with E-state index in [0.29, 0.717) is 5.92 Å². The van der Waals surface area contributed by atoms with Gasteiger partial charge in [0.15, 0.2) is 0 Å². The molecule has 0 bridgehead atoms. The minimum Gasteiger partial charge on any atom is -0.260 e. The Morgan fingerprint density at radius 3 is 2.71 bits per heavy atom. The van der Waals surface area contributed by atoms with Gasteiger partial charge in [-0.25, -0.2) is 0 Å². The zero-order valence-corrected chi connectivity index (χ0v) is 10.2. The molecule has 2 aromatic rings. The minimum atomic E-state index is 0.477. The van der Waals surface area contributed by atoms with E-state index in [2.05, 4.69) is 48.3 Å². The molecule has 1 heteroatoms. The Morgan fingerprint density at radius 2 is 1.82 bits per heavy atom. The minimum absolute atomic E-state index is 0.477. The molecule has 0 saturated heterocycles. The third-order valence-corrected chi connectivity index (χ3v) is 3.76. The van der Waals surface area contributed by atoms with Gasteiger partial charge in [0.1, 0.15) is 0 Å². The van der Waals surface area contributed by atoms with Crippen LogP contribution >= 0.6 is 0 Å². The summed E-state index contributed by atoms with van der Waals surface area (Å²) in [5.74, 6) is 0.477. The zero-order chi connectivity index (χ0) is 11.7. The normalized spacial score (nSPS) is 18.1. The summed E-state index contributed by atoms with van der Waals surface area (Å²) in [6.45, 7) is 2.26. The lowest BCUT2D eigenvalue weighted by Gasteiger charge is -2.17. The second-order valence-electron chi connectivity index (χ2n) is 4.71. The van der Waals surface area contributed by atoms with Crippen molar-refractivity contribution >= 4 is 0 Å². The third-order valence-electron chi connectivity index (χ3n) is 3.76. The number of hydrogen-bond donors (Lipinski definition) is 0. The van der Waals surface area contributed by atoms with Gasteiger partial charge in [-0.2, -0.15) is 0 Å². The van der Waals surface area contributed by atoms with E-state index in [-0.39, 0.29) is 0 Å². The highest BCUT2D eigenvalue weighted by molar-refractivity contribution is 5.41. The first kappa shape index (κ1) is 10.5. The fourth-order valence-corrected chi connectivity index (χ4v) is 2.91. The maximum Gasteiger partial charge on any atom is 0.0510 e. The molecule has 0 spiro atoms. The van der Waals surface area contributed by atoms with E-state index < -0.39 is 0 Å². The molecule has 0 amide bonds. The van der Waals surface area contributed by atoms with E-state index >= 15 is 0 Å². The molecule has 1 atom stereocenters. The van der Waals surface area contributed by atoms with Gasteiger partial charge in [0.05, 0.1) is 5.69 Å². The van der Waals surface area contributed by atoms with Gasteiger partial charge in [-0.15, -0.1) is 0 Å². The van der Waals surface area contributed by atoms with Crippen LogP contribution in [0.1, 0.15) is 41.6 Å². The average molecular weight is 223 g/mol. The number of nitrogens with zero attached hydrogens (tertiary/aromatic N) is 1. The van der Waals surface area contributed by atoms with Gasteiger partial charge >= 0.3 is 0 Å². The predicted octanol–water partition coefficient (Wildman–Crippen LogP) is 3.72. The Balaban J connectivity index is 2.19. The Morgan fingerprint density at radius 1 is 1.06 bits per heavy atom. The van der Waals surface area contributed by atoms with Crippen LogP contribution in [-0.4, -0.2) is 4.98 Å². The van der Waals surface area contributed by atoms with Crippen molar-refractivity contribution in [1.82, 2.24) is 4.98 Å². The van der Waals surface area contributed by atoms with Crippen LogP contribution in [0.15, 0.2) is 42.6 Å². The van der Waals surface area contributed by atoms with Crippen molar-refractivity contribution in [2.75, 3.05) is 0 Å². The number of aromatic nitrogens is 1. The predicted molar refractivity (Wildman–Crippen MR) is 70.2 cm³/mol. The van der Waals surface area contributed by atoms with E-state index in [1.54, 1.807) is 0 Å². The van der Waals surface area contributed by atoms with Crippen molar-refractivity contribution in [3.05, 3.63) is 65.0 Å². The Hall–Kier alpha value is -1.63. The fraction of sp³-hybridized carbons (Fsp3) is 0.312. The lowest BCUT2D eigenvalue weighted by molar-refractivity contribution is 0.744. The standard InChI is InChI=1S/C16H17N/c1-2-14-15-8-4-3-6-12(15)9-10-13-7-5-11-17-16(13)14/h3-8,11,14H,2,9-10H2,1H3/t14-/m0/s1. The lowest BCUT2D eigenvalue weighted by atomic mass is 9.89. The second kappa shape index (κ2) is 4.33. The van der Waals surface area contributed by atoms with Crippen LogP contribution < -0.4 is 0 Å². The molecule has 0 aliphatic heterocycles. The van der Waals surface area contributed by atoms with Gasteiger partial charge in [-0.1, -0.05) is 37.3 Å². The van der Waals surface area contributed by atoms with Crippen molar-refractivity contribution in [2.24, 2.45) is 0 Å². The molecule has 0 N–H and O–H groups in total. The molecule has 0 unspecified atom stereocenters. The van der Waals surface area contributed by atoms with Crippen molar-refractivity contribution < 1.29 is 0 Å². The molecule has 17 heavy (non-hydrogen) atoms. The van der Waals surface area contributed by atoms with E-state index in [1.807, 2.05) is 6.20 Å². The summed E-state index contributed by atoms with van der Waals surface area (Å²) < 4.78 is 0. The molecule has 3 rings (SSSR count). The maximum absolute atomic E-state index is 4.63. The Labute approximate surface area is 103 Å². The van der Waals surface area contributed by atoms with E-state index in [9.17, 15) is 0 Å². The van der Waals surface area contributed by atoms with Crippen LogP contribution in [0.2, 0.25) is 0 Å². The quantitative estimate of drug-likeness (QED) is 0.718. The summed E-state index contributed by atoms with van der Waals surface area (Å²) in [5.41, 5.74) is 5.69. The van der Waals surface area contributed by atoms with Crippen LogP contribution in [-0.2, 0) is 12.8 Å². The monoisotopic (exact) mass is 223 g/mol. The summed E-state index contributed by atoms with van der Waals surface area (Å²) >= 11 is 0. The molecule has 1 aromatic carbocycles. The smallest absolute Gasteiger partial charge is 0.0510 e. The summed E-state index contributed by atoms with van der Waals surface area (Å²) in [5, 5.41) is 0. The van der Waals surface area contributed by atoms with Crippen molar-refractivity contribution in [1.29, 1.82) is 0 Å². The first-order valence-electron chi connectivity index (χ1n) is 6.41. The third kappa shape index (κ3) is 1.76. The topological polar surface area (TPSA) is 12.9 Å². The van der Waals surface area contributed by atoms with Crippen molar-refractivity contribution in [2.45, 2.75) is 32.1 Å². The summed E-state index contributed by atoms with van der Waals surface area (Å²) in [4.78, 5) is 4.63. The van der Waals surface area contributed by atoms with Gasteiger partial charge in [0, 0.05) is 12.1 Å². The highest BCUT2D eigenvalue weighted by Gasteiger charge is 2.22. The maximum atomic E-state index is 4.63. The van der Waals surface area contributed by atoms with Gasteiger partial charge in [-0.05, 0) is 42.0 Å². The molecule has 1 aliphatic rings. The number of pyridine rings is 1. The molecular weight excluding hydrogens is 206 g/mol. The highest BCUT2D eigenvalue weighted by atomic mass is 14.7. The van der Waals surface area contributed by atoms with Crippen molar-refractivity contribution in [3.63, 3.8) is 0 Å². The van der Waals surface area contributed by atoms with Crippen LogP contribution in [0.5, 0.6) is 0 Å². The Kier molecular flexibility index (Phi) is 2.68. The Bertz CT molecular complexity index is 483. The van der Waals surface area contributed by atoms with Gasteiger partial charge in [0.2, 0.25) is 0 Å². The number of aryl methyl sites for hydroxylation is 2. The molecule has 86 valence electrons. The van der Waals surface area contributed by atoms with E-state index in [1.165, 1.54) is 22.4 Å². The van der Waals surface area contributed by atoms with Crippen molar-refractivity contribution in [3.8, 4) is 0 Å². The fourth-order valence-electron chi connectivity index (χ4n) is 2.91. The first-order chi connectivity index (χ1) is 8.40. The second-order valence-corrected chi connectivity index (χ2v) is 4.71. The molecule has 0 fully saturated rings. The van der Waals surface area contributed by atoms with Crippen LogP contribution in [0.25, 0.3) is 0 Å². The molecule has 0 radical (unpaired) electrons. The molecule has 1 nitrogen and oxygen atoms in total. The molecule has 1 aromatic heterocycles. The molecule has 1 aliphatic carbocycles. The van der Waals surface area contributed by atoms with E-state index in [4.69, 9.17) is 0 Å². The number of fused-ring (bicyclic) bond motifs is 2. The van der Waals surface area contributed by atoms with E-state index in [0.717, 1.165) is 19.3 Å². The zero-order valence-electron chi connectivity index (χ0n) is 10.2. The molecule has 1 heterocycles. The summed E-state index contributed by atoms with van der Waals surface area (Å²) in [6.07, 6.45) is 5.32. The van der Waals surface area contributed by atoms with Gasteiger partial charge < -0.3 is 0 Å². The summed E-state index contributed by atoms with van der Waals surface area (Å²) in [7, 11) is 0. The SMILES string of the molecule is CC[C@H]1c2ccccc2CCc2cccnc21. The molecular formula is C16H17N. The lowest BCUT2D eigenvalue weighted by Crippen LogP contribution is -2.04. The average Bonchev–Trinajstić information content (AvgIpc) is 2.55. The van der Waals surface area contributed by atoms with Crippen LogP contribution in [0.3, 0.4) is 0 Å². The van der Waals surface area contributed by atoms with Crippen LogP contribution in [0.4, 0.5) is 0 Å². The highest BCUT2D eigenvalue weighted by Crippen LogP contribution is 2.34. The van der Waals surface area contributed by atoms with Gasteiger partial charge in [0.25, 0.3) is 0 Å². The summed E-state index contributed by atoms with van der Waals surface area (Å²) in [6, 6.07) is 13.1. The molecule has 0 saturated carbocycles. The number of rotatable bonds is 1. The number of hydrogen-bond acceptors (Lipinski definition) is 1. The first-order valence-corrected chi connectivity index (χ1v) is 6.41. The largest absolute Gasteiger partial charge is 0.260 e.